The number of aryl methyl sites for hydroxylation is 1. The molecule has 132 valence electrons. The van der Waals surface area contributed by atoms with E-state index in [1.807, 2.05) is 35.8 Å². The average Bonchev–Trinajstić information content (AvgIpc) is 2.63. The summed E-state index contributed by atoms with van der Waals surface area (Å²) in [6.07, 6.45) is 2.77. The average molecular weight is 341 g/mol. The van der Waals surface area contributed by atoms with Gasteiger partial charge >= 0.3 is 5.69 Å². The Morgan fingerprint density at radius 3 is 2.60 bits per heavy atom. The lowest BCUT2D eigenvalue weighted by molar-refractivity contribution is 0.321. The van der Waals surface area contributed by atoms with Gasteiger partial charge in [0.05, 0.1) is 12.1 Å². The molecule has 1 aromatic carbocycles. The number of pyridine rings is 1. The molecule has 0 N–H and O–H groups in total. The van der Waals surface area contributed by atoms with Gasteiger partial charge in [-0.2, -0.15) is 4.98 Å². The Morgan fingerprint density at radius 1 is 1.12 bits per heavy atom. The Hall–Kier alpha value is -2.63. The van der Waals surface area contributed by atoms with Crippen LogP contribution in [0.25, 0.3) is 22.3 Å². The lowest BCUT2D eigenvalue weighted by atomic mass is 10.1. The van der Waals surface area contributed by atoms with Gasteiger partial charge in [-0.1, -0.05) is 32.4 Å². The van der Waals surface area contributed by atoms with Crippen LogP contribution in [-0.2, 0) is 13.6 Å². The number of para-hydroxylation sites is 1. The van der Waals surface area contributed by atoms with Crippen LogP contribution in [0.4, 0.5) is 0 Å². The fourth-order valence-corrected chi connectivity index (χ4v) is 3.01. The van der Waals surface area contributed by atoms with Gasteiger partial charge in [0, 0.05) is 19.0 Å². The summed E-state index contributed by atoms with van der Waals surface area (Å²) < 4.78 is 8.96. The molecular weight excluding hydrogens is 318 g/mol. The third-order valence-electron chi connectivity index (χ3n) is 4.34. The highest BCUT2D eigenvalue weighted by Gasteiger charge is 2.25. The number of unbranched alkanes of at least 4 members (excludes halogenated alkanes) is 1. The molecule has 0 saturated carbocycles. The molecule has 3 rings (SSSR count). The number of aromatic nitrogens is 3. The molecule has 6 heteroatoms. The normalized spacial score (nSPS) is 11.3. The van der Waals surface area contributed by atoms with Crippen molar-refractivity contribution in [3.05, 3.63) is 45.1 Å². The molecule has 1 aromatic rings. The first-order chi connectivity index (χ1) is 12.1. The minimum atomic E-state index is -0.542. The van der Waals surface area contributed by atoms with Gasteiger partial charge in [-0.3, -0.25) is 9.36 Å². The van der Waals surface area contributed by atoms with E-state index in [4.69, 9.17) is 4.74 Å². The molecule has 25 heavy (non-hydrogen) atoms. The number of fused-ring (bicyclic) bond motifs is 2. The van der Waals surface area contributed by atoms with Gasteiger partial charge in [-0.05, 0) is 25.0 Å². The molecule has 6 nitrogen and oxygen atoms in total. The number of hydrogen-bond acceptors (Lipinski definition) is 4. The predicted octanol–water partition coefficient (Wildman–Crippen LogP) is 2.79. The molecular formula is C19H23N3O3. The number of nitrogens with zero attached hydrogens (tertiary/aromatic N) is 3. The Bertz CT molecular complexity index is 988. The second-order valence-electron chi connectivity index (χ2n) is 6.16. The van der Waals surface area contributed by atoms with Crippen LogP contribution in [0.5, 0.6) is 5.75 Å². The standard InChI is InChI=1S/C19H23N3O3/c1-4-6-11-22-14-10-8-7-9-13(14)16(25-12-5-2)15-17(22)20-19(24)21(3)18(15)23/h7-10H,4-6,11-12H2,1-3H3. The second-order valence-corrected chi connectivity index (χ2v) is 6.16. The summed E-state index contributed by atoms with van der Waals surface area (Å²) in [6, 6.07) is 7.80. The molecule has 0 bridgehead atoms. The van der Waals surface area contributed by atoms with Crippen LogP contribution in [0.2, 0.25) is 0 Å². The number of rotatable bonds is 6. The van der Waals surface area contributed by atoms with E-state index >= 15 is 0 Å². The zero-order chi connectivity index (χ0) is 18.0. The number of ether oxygens (including phenoxy) is 1. The van der Waals surface area contributed by atoms with E-state index in [0.29, 0.717) is 30.3 Å². The Labute approximate surface area is 146 Å². The van der Waals surface area contributed by atoms with Crippen molar-refractivity contribution < 1.29 is 4.74 Å². The summed E-state index contributed by atoms with van der Waals surface area (Å²) in [7, 11) is 1.45. The number of hydrogen-bond donors (Lipinski definition) is 0. The van der Waals surface area contributed by atoms with E-state index in [2.05, 4.69) is 11.9 Å². The molecule has 0 amide bonds. The van der Waals surface area contributed by atoms with Crippen LogP contribution < -0.4 is 16.0 Å². The monoisotopic (exact) mass is 341 g/mol. The van der Waals surface area contributed by atoms with Crippen molar-refractivity contribution in [2.75, 3.05) is 6.61 Å². The van der Waals surface area contributed by atoms with E-state index in [9.17, 15) is 9.59 Å². The van der Waals surface area contributed by atoms with Gasteiger partial charge in [0.1, 0.15) is 11.3 Å². The van der Waals surface area contributed by atoms with Gasteiger partial charge in [0.15, 0.2) is 5.82 Å². The van der Waals surface area contributed by atoms with Gasteiger partial charge < -0.3 is 9.30 Å². The van der Waals surface area contributed by atoms with E-state index in [-0.39, 0.29) is 5.56 Å². The van der Waals surface area contributed by atoms with Gasteiger partial charge in [-0.15, -0.1) is 0 Å². The van der Waals surface area contributed by atoms with Crippen molar-refractivity contribution in [1.29, 1.82) is 0 Å². The minimum Gasteiger partial charge on any atom is -0.492 e. The first-order valence-electron chi connectivity index (χ1n) is 8.75. The predicted molar refractivity (Wildman–Crippen MR) is 98.6 cm³/mol. The minimum absolute atomic E-state index is 0.364. The van der Waals surface area contributed by atoms with Crippen LogP contribution in [-0.4, -0.2) is 20.7 Å². The third kappa shape index (κ3) is 2.92. The maximum atomic E-state index is 12.8. The molecule has 0 fully saturated rings. The van der Waals surface area contributed by atoms with Crippen molar-refractivity contribution in [3.63, 3.8) is 0 Å². The summed E-state index contributed by atoms with van der Waals surface area (Å²) in [5, 5.41) is 0.872. The van der Waals surface area contributed by atoms with Gasteiger partial charge in [-0.25, -0.2) is 4.79 Å². The highest BCUT2D eigenvalue weighted by atomic mass is 16.5. The maximum Gasteiger partial charge on any atom is 0.352 e. The van der Waals surface area contributed by atoms with Crippen molar-refractivity contribution in [1.82, 2.24) is 14.1 Å². The summed E-state index contributed by atoms with van der Waals surface area (Å²) in [5.41, 5.74) is 0.400. The quantitative estimate of drug-likeness (QED) is 0.647. The third-order valence-corrected chi connectivity index (χ3v) is 4.34. The Kier molecular flexibility index (Phi) is 4.88. The van der Waals surface area contributed by atoms with Crippen molar-refractivity contribution >= 4 is 10.9 Å². The fraction of sp³-hybridized carbons (Fsp3) is 0.421. The molecule has 2 aliphatic heterocycles. The largest absolute Gasteiger partial charge is 0.492 e. The lowest BCUT2D eigenvalue weighted by Crippen LogP contribution is -2.36. The topological polar surface area (TPSA) is 66.1 Å². The first kappa shape index (κ1) is 17.2. The van der Waals surface area contributed by atoms with E-state index in [1.165, 1.54) is 7.05 Å². The van der Waals surface area contributed by atoms with Crippen molar-refractivity contribution in [3.8, 4) is 17.1 Å². The van der Waals surface area contributed by atoms with E-state index in [0.717, 1.165) is 34.7 Å². The summed E-state index contributed by atoms with van der Waals surface area (Å²) >= 11 is 0. The van der Waals surface area contributed by atoms with Crippen LogP contribution in [0.15, 0.2) is 33.9 Å². The van der Waals surface area contributed by atoms with Crippen molar-refractivity contribution in [2.45, 2.75) is 39.7 Å². The molecule has 0 aliphatic carbocycles. The zero-order valence-electron chi connectivity index (χ0n) is 14.9. The molecule has 2 heterocycles. The molecule has 0 aromatic heterocycles. The van der Waals surface area contributed by atoms with Crippen LogP contribution in [0.1, 0.15) is 33.1 Å². The fourth-order valence-electron chi connectivity index (χ4n) is 3.01. The SMILES string of the molecule is CCCCn1c2nc(=O)n(C)c(=O)c-2c(OCCC)c2ccccc21. The molecule has 0 saturated heterocycles. The molecule has 0 spiro atoms. The van der Waals surface area contributed by atoms with Gasteiger partial charge in [0.2, 0.25) is 0 Å². The van der Waals surface area contributed by atoms with Crippen LogP contribution >= 0.6 is 0 Å². The lowest BCUT2D eigenvalue weighted by Gasteiger charge is -2.21. The maximum absolute atomic E-state index is 12.8. The van der Waals surface area contributed by atoms with Crippen molar-refractivity contribution in [2.24, 2.45) is 7.05 Å². The Balaban J connectivity index is 2.48. The second kappa shape index (κ2) is 7.09. The van der Waals surface area contributed by atoms with Crippen LogP contribution in [0, 0.1) is 0 Å². The molecule has 0 unspecified atom stereocenters. The number of benzene rings is 1. The molecule has 0 atom stereocenters. The smallest absolute Gasteiger partial charge is 0.352 e. The molecule has 0 radical (unpaired) electrons. The summed E-state index contributed by atoms with van der Waals surface area (Å²) in [5.74, 6) is 0.930. The van der Waals surface area contributed by atoms with Crippen LogP contribution in [0.3, 0.4) is 0 Å². The highest BCUT2D eigenvalue weighted by molar-refractivity contribution is 5.93. The summed E-state index contributed by atoms with van der Waals surface area (Å²) in [4.78, 5) is 29.2. The molecule has 2 aliphatic rings. The highest BCUT2D eigenvalue weighted by Crippen LogP contribution is 2.36. The van der Waals surface area contributed by atoms with Gasteiger partial charge in [0.25, 0.3) is 5.56 Å². The zero-order valence-corrected chi connectivity index (χ0v) is 14.9. The first-order valence-corrected chi connectivity index (χ1v) is 8.75. The summed E-state index contributed by atoms with van der Waals surface area (Å²) in [6.45, 7) is 5.32. The van der Waals surface area contributed by atoms with E-state index in [1.54, 1.807) is 0 Å². The Morgan fingerprint density at radius 2 is 1.88 bits per heavy atom. The van der Waals surface area contributed by atoms with E-state index < -0.39 is 5.69 Å².